The molecular weight excluding hydrogens is 216 g/mol. The van der Waals surface area contributed by atoms with Crippen molar-refractivity contribution in [2.45, 2.75) is 32.5 Å². The second-order valence-corrected chi connectivity index (χ2v) is 4.36. The Labute approximate surface area is 101 Å². The number of benzene rings is 1. The van der Waals surface area contributed by atoms with E-state index >= 15 is 0 Å². The Kier molecular flexibility index (Phi) is 3.24. The molecule has 1 fully saturated rings. The molecule has 1 aromatic rings. The van der Waals surface area contributed by atoms with E-state index in [1.54, 1.807) is 13.8 Å². The molecule has 0 aliphatic carbocycles. The van der Waals surface area contributed by atoms with Crippen molar-refractivity contribution in [2.24, 2.45) is 0 Å². The summed E-state index contributed by atoms with van der Waals surface area (Å²) in [5.41, 5.74) is 0.968. The van der Waals surface area contributed by atoms with E-state index in [0.717, 1.165) is 5.56 Å². The minimum atomic E-state index is -0.300. The van der Waals surface area contributed by atoms with Crippen molar-refractivity contribution in [3.05, 3.63) is 35.9 Å². The number of hydrogen-bond acceptors (Lipinski definition) is 3. The van der Waals surface area contributed by atoms with Gasteiger partial charge < -0.3 is 0 Å². The molecular formula is C13H16N2O2. The summed E-state index contributed by atoms with van der Waals surface area (Å²) in [5, 5.41) is 2.95. The minimum Gasteiger partial charge on any atom is -0.295 e. The summed E-state index contributed by atoms with van der Waals surface area (Å²) in [6, 6.07) is 8.95. The van der Waals surface area contributed by atoms with Gasteiger partial charge in [-0.3, -0.25) is 19.8 Å². The van der Waals surface area contributed by atoms with Crippen LogP contribution in [0.2, 0.25) is 0 Å². The fraction of sp³-hybridized carbons (Fsp3) is 0.385. The topological polar surface area (TPSA) is 49.4 Å². The molecule has 4 heteroatoms. The maximum Gasteiger partial charge on any atom is 0.246 e. The van der Waals surface area contributed by atoms with Gasteiger partial charge >= 0.3 is 0 Å². The predicted octanol–water partition coefficient (Wildman–Crippen LogP) is 0.922. The van der Waals surface area contributed by atoms with Gasteiger partial charge in [0.15, 0.2) is 0 Å². The van der Waals surface area contributed by atoms with Crippen LogP contribution in [0.3, 0.4) is 0 Å². The van der Waals surface area contributed by atoms with Crippen molar-refractivity contribution in [3.63, 3.8) is 0 Å². The van der Waals surface area contributed by atoms with Crippen molar-refractivity contribution in [1.29, 1.82) is 0 Å². The molecule has 2 amide bonds. The van der Waals surface area contributed by atoms with Gasteiger partial charge in [0.05, 0.1) is 18.6 Å². The first-order valence-corrected chi connectivity index (χ1v) is 5.75. The third-order valence-electron chi connectivity index (χ3n) is 2.96. The van der Waals surface area contributed by atoms with E-state index in [0.29, 0.717) is 6.54 Å². The molecule has 0 bridgehead atoms. The van der Waals surface area contributed by atoms with Crippen LogP contribution in [-0.4, -0.2) is 28.8 Å². The summed E-state index contributed by atoms with van der Waals surface area (Å²) in [6.07, 6.45) is 0. The number of carbonyl (C=O) groups is 2. The lowest BCUT2D eigenvalue weighted by Gasteiger charge is -2.33. The molecule has 90 valence electrons. The number of rotatable bonds is 2. The Morgan fingerprint density at radius 1 is 1.06 bits per heavy atom. The molecule has 1 saturated heterocycles. The van der Waals surface area contributed by atoms with Crippen molar-refractivity contribution < 1.29 is 9.59 Å². The molecule has 4 nitrogen and oxygen atoms in total. The maximum atomic E-state index is 11.9. The molecule has 0 aromatic heterocycles. The van der Waals surface area contributed by atoms with E-state index in [1.165, 1.54) is 4.90 Å². The lowest BCUT2D eigenvalue weighted by atomic mass is 10.1. The van der Waals surface area contributed by atoms with Crippen LogP contribution in [0.15, 0.2) is 30.3 Å². The zero-order valence-electron chi connectivity index (χ0n) is 10.0. The Hall–Kier alpha value is -1.68. The zero-order valence-corrected chi connectivity index (χ0v) is 10.0. The summed E-state index contributed by atoms with van der Waals surface area (Å²) < 4.78 is 0. The number of amides is 2. The second-order valence-electron chi connectivity index (χ2n) is 4.36. The van der Waals surface area contributed by atoms with E-state index in [-0.39, 0.29) is 23.9 Å². The summed E-state index contributed by atoms with van der Waals surface area (Å²) in [5.74, 6) is -0.311. The molecule has 1 aromatic carbocycles. The zero-order chi connectivity index (χ0) is 12.4. The van der Waals surface area contributed by atoms with Gasteiger partial charge in [-0.15, -0.1) is 0 Å². The number of nitrogens with one attached hydrogen (secondary N) is 1. The normalized spacial score (nSPS) is 25.2. The second kappa shape index (κ2) is 4.67. The Bertz CT molecular complexity index is 410. The van der Waals surface area contributed by atoms with Gasteiger partial charge in [-0.05, 0) is 19.4 Å². The number of nitrogens with zero attached hydrogens (tertiary/aromatic N) is 1. The third kappa shape index (κ3) is 2.36. The molecule has 1 aliphatic heterocycles. The van der Waals surface area contributed by atoms with E-state index < -0.39 is 0 Å². The van der Waals surface area contributed by atoms with E-state index in [2.05, 4.69) is 5.32 Å². The lowest BCUT2D eigenvalue weighted by molar-refractivity contribution is -0.152. The first-order valence-electron chi connectivity index (χ1n) is 5.75. The first-order chi connectivity index (χ1) is 8.09. The fourth-order valence-electron chi connectivity index (χ4n) is 2.02. The van der Waals surface area contributed by atoms with Crippen LogP contribution in [-0.2, 0) is 16.1 Å². The van der Waals surface area contributed by atoms with Gasteiger partial charge in [-0.1, -0.05) is 30.3 Å². The molecule has 17 heavy (non-hydrogen) atoms. The highest BCUT2D eigenvalue weighted by molar-refractivity contribution is 6.02. The first kappa shape index (κ1) is 11.8. The molecule has 1 aliphatic rings. The third-order valence-corrected chi connectivity index (χ3v) is 2.96. The van der Waals surface area contributed by atoms with Crippen molar-refractivity contribution in [2.75, 3.05) is 0 Å². The van der Waals surface area contributed by atoms with Gasteiger partial charge in [0, 0.05) is 0 Å². The number of imide groups is 1. The van der Waals surface area contributed by atoms with E-state index in [1.807, 2.05) is 30.3 Å². The number of carbonyl (C=O) groups excluding carboxylic acids is 2. The summed E-state index contributed by atoms with van der Waals surface area (Å²) in [7, 11) is 0. The molecule has 1 N–H and O–H groups in total. The van der Waals surface area contributed by atoms with Crippen LogP contribution in [0.4, 0.5) is 0 Å². The maximum absolute atomic E-state index is 11.9. The standard InChI is InChI=1S/C13H16N2O2/c1-9-12(16)15(13(17)10(2)14-9)8-11-6-4-3-5-7-11/h3-7,9-10,14H,8H2,1-2H3/t9-,10+. The van der Waals surface area contributed by atoms with Gasteiger partial charge in [0.2, 0.25) is 11.8 Å². The van der Waals surface area contributed by atoms with Crippen LogP contribution < -0.4 is 5.32 Å². The largest absolute Gasteiger partial charge is 0.295 e. The van der Waals surface area contributed by atoms with Crippen LogP contribution in [0.5, 0.6) is 0 Å². The number of piperazine rings is 1. The molecule has 2 rings (SSSR count). The SMILES string of the molecule is C[C@@H]1N[C@H](C)C(=O)N(Cc2ccccc2)C1=O. The molecule has 0 radical (unpaired) electrons. The lowest BCUT2D eigenvalue weighted by Crippen LogP contribution is -2.60. The molecule has 1 heterocycles. The molecule has 0 spiro atoms. The quantitative estimate of drug-likeness (QED) is 0.771. The van der Waals surface area contributed by atoms with Gasteiger partial charge in [0.1, 0.15) is 0 Å². The Morgan fingerprint density at radius 2 is 1.59 bits per heavy atom. The summed E-state index contributed by atoms with van der Waals surface area (Å²) in [4.78, 5) is 25.2. The van der Waals surface area contributed by atoms with Crippen molar-refractivity contribution in [3.8, 4) is 0 Å². The Balaban J connectivity index is 2.18. The average Bonchev–Trinajstić information content (AvgIpc) is 2.33. The minimum absolute atomic E-state index is 0.156. The Morgan fingerprint density at radius 3 is 2.12 bits per heavy atom. The fourth-order valence-corrected chi connectivity index (χ4v) is 2.02. The van der Waals surface area contributed by atoms with Gasteiger partial charge in [-0.2, -0.15) is 0 Å². The molecule has 0 unspecified atom stereocenters. The van der Waals surface area contributed by atoms with Crippen molar-refractivity contribution in [1.82, 2.24) is 10.2 Å². The van der Waals surface area contributed by atoms with Crippen LogP contribution in [0, 0.1) is 0 Å². The number of hydrogen-bond donors (Lipinski definition) is 1. The van der Waals surface area contributed by atoms with Crippen LogP contribution >= 0.6 is 0 Å². The average molecular weight is 232 g/mol. The van der Waals surface area contributed by atoms with Crippen LogP contribution in [0.25, 0.3) is 0 Å². The van der Waals surface area contributed by atoms with Gasteiger partial charge in [-0.25, -0.2) is 0 Å². The highest BCUT2D eigenvalue weighted by Gasteiger charge is 2.35. The van der Waals surface area contributed by atoms with Gasteiger partial charge in [0.25, 0.3) is 0 Å². The summed E-state index contributed by atoms with van der Waals surface area (Å²) >= 11 is 0. The smallest absolute Gasteiger partial charge is 0.246 e. The highest BCUT2D eigenvalue weighted by atomic mass is 16.2. The monoisotopic (exact) mass is 232 g/mol. The van der Waals surface area contributed by atoms with E-state index in [9.17, 15) is 9.59 Å². The highest BCUT2D eigenvalue weighted by Crippen LogP contribution is 2.12. The summed E-state index contributed by atoms with van der Waals surface area (Å²) in [6.45, 7) is 3.92. The predicted molar refractivity (Wildman–Crippen MR) is 64.1 cm³/mol. The van der Waals surface area contributed by atoms with Crippen molar-refractivity contribution >= 4 is 11.8 Å². The molecule has 0 saturated carbocycles. The van der Waals surface area contributed by atoms with Crippen LogP contribution in [0.1, 0.15) is 19.4 Å². The molecule has 2 atom stereocenters. The van der Waals surface area contributed by atoms with E-state index in [4.69, 9.17) is 0 Å².